The fraction of sp³-hybridized carbons (Fsp3) is 0.163. The first kappa shape index (κ1) is 38.6. The van der Waals surface area contributed by atoms with E-state index < -0.39 is 5.82 Å². The monoisotopic (exact) mass is 756 g/mol. The van der Waals surface area contributed by atoms with E-state index in [1.165, 1.54) is 12.1 Å². The third-order valence-corrected chi connectivity index (χ3v) is 8.77. The smallest absolute Gasteiger partial charge is 0.253 e. The number of anilines is 4. The van der Waals surface area contributed by atoms with Crippen molar-refractivity contribution in [1.82, 2.24) is 10.6 Å². The van der Waals surface area contributed by atoms with Crippen LogP contribution < -0.4 is 31.9 Å². The lowest BCUT2D eigenvalue weighted by molar-refractivity contribution is -0.115. The van der Waals surface area contributed by atoms with Crippen LogP contribution in [0.15, 0.2) is 131 Å². The van der Waals surface area contributed by atoms with Crippen LogP contribution in [0.25, 0.3) is 0 Å². The van der Waals surface area contributed by atoms with Crippen molar-refractivity contribution in [2.45, 2.75) is 32.9 Å². The number of rotatable bonds is 17. The molecule has 0 spiro atoms. The average Bonchev–Trinajstić information content (AvgIpc) is 3.91. The van der Waals surface area contributed by atoms with Crippen LogP contribution in [0, 0.1) is 12.7 Å². The van der Waals surface area contributed by atoms with Gasteiger partial charge in [0.15, 0.2) is 0 Å². The van der Waals surface area contributed by atoms with Crippen LogP contribution in [0.2, 0.25) is 0 Å². The van der Waals surface area contributed by atoms with Crippen molar-refractivity contribution in [1.29, 1.82) is 0 Å². The van der Waals surface area contributed by atoms with Gasteiger partial charge in [-0.2, -0.15) is 0 Å². The summed E-state index contributed by atoms with van der Waals surface area (Å²) in [5.41, 5.74) is 5.58. The fourth-order valence-corrected chi connectivity index (χ4v) is 5.78. The Morgan fingerprint density at radius 3 is 1.84 bits per heavy atom. The molecule has 0 unspecified atom stereocenters. The summed E-state index contributed by atoms with van der Waals surface area (Å²) in [6.07, 6.45) is 4.64. The minimum absolute atomic E-state index is 0.0331. The zero-order valence-electron chi connectivity index (χ0n) is 30.6. The summed E-state index contributed by atoms with van der Waals surface area (Å²) >= 11 is 0. The van der Waals surface area contributed by atoms with Crippen molar-refractivity contribution >= 4 is 46.4 Å². The summed E-state index contributed by atoms with van der Waals surface area (Å²) in [7, 11) is 0. The second kappa shape index (κ2) is 18.7. The Morgan fingerprint density at radius 2 is 1.20 bits per heavy atom. The van der Waals surface area contributed by atoms with E-state index in [2.05, 4.69) is 31.9 Å². The van der Waals surface area contributed by atoms with Crippen LogP contribution in [-0.4, -0.2) is 36.7 Å². The van der Waals surface area contributed by atoms with E-state index >= 15 is 0 Å². The molecule has 2 aromatic heterocycles. The molecule has 0 radical (unpaired) electrons. The van der Waals surface area contributed by atoms with Crippen molar-refractivity contribution in [3.05, 3.63) is 167 Å². The lowest BCUT2D eigenvalue weighted by Gasteiger charge is -2.13. The molecule has 12 nitrogen and oxygen atoms in total. The van der Waals surface area contributed by atoms with E-state index in [1.54, 1.807) is 86.2 Å². The van der Waals surface area contributed by atoms with Crippen LogP contribution in [0.3, 0.4) is 0 Å². The van der Waals surface area contributed by atoms with Crippen LogP contribution in [0.5, 0.6) is 0 Å². The molecule has 6 N–H and O–H groups in total. The van der Waals surface area contributed by atoms with Gasteiger partial charge in [0, 0.05) is 22.7 Å². The highest BCUT2D eigenvalue weighted by Crippen LogP contribution is 2.20. The Bertz CT molecular complexity index is 2290. The number of aryl methyl sites for hydroxylation is 3. The highest BCUT2D eigenvalue weighted by atomic mass is 19.1. The van der Waals surface area contributed by atoms with E-state index in [0.29, 0.717) is 51.8 Å². The second-order valence-corrected chi connectivity index (χ2v) is 12.9. The van der Waals surface area contributed by atoms with Gasteiger partial charge in [0.25, 0.3) is 11.8 Å². The number of carbonyl (C=O) groups is 4. The van der Waals surface area contributed by atoms with Crippen molar-refractivity contribution < 1.29 is 32.4 Å². The number of furan rings is 2. The van der Waals surface area contributed by atoms with Gasteiger partial charge >= 0.3 is 0 Å². The third-order valence-electron chi connectivity index (χ3n) is 8.77. The van der Waals surface area contributed by atoms with Gasteiger partial charge in [-0.05, 0) is 103 Å². The quantitative estimate of drug-likeness (QED) is 0.0575. The molecule has 4 aromatic carbocycles. The first-order chi connectivity index (χ1) is 27.2. The standard InChI is InChI=1S/C43H41FN6O6/c1-28-12-17-31(44)22-39(28)50-41(52)26-46-38-11-5-3-9-36(38)43(54)48-24-34-21-30(27-56-34)14-13-29-15-18-32(19-16-29)49-40(51)25-45-37-10-4-2-8-35(37)42(53)47-23-33-7-6-20-55-33/h2-12,15-22,27,45-46H,13-14,23-26H2,1H3,(H,47,53)(H,48,54)(H,49,51)(H,50,52). The van der Waals surface area contributed by atoms with Crippen LogP contribution >= 0.6 is 0 Å². The molecular weight excluding hydrogens is 716 g/mol. The maximum atomic E-state index is 13.6. The largest absolute Gasteiger partial charge is 0.467 e. The van der Waals surface area contributed by atoms with E-state index in [-0.39, 0.29) is 49.8 Å². The van der Waals surface area contributed by atoms with Crippen molar-refractivity contribution in [3.8, 4) is 0 Å². The number of halogens is 1. The van der Waals surface area contributed by atoms with Gasteiger partial charge in [-0.25, -0.2) is 4.39 Å². The molecular formula is C43H41FN6O6. The number of nitrogens with one attached hydrogen (secondary N) is 6. The fourth-order valence-electron chi connectivity index (χ4n) is 5.78. The zero-order chi connectivity index (χ0) is 39.3. The van der Waals surface area contributed by atoms with Crippen molar-refractivity contribution in [2.24, 2.45) is 0 Å². The van der Waals surface area contributed by atoms with Crippen molar-refractivity contribution in [3.63, 3.8) is 0 Å². The van der Waals surface area contributed by atoms with E-state index in [9.17, 15) is 23.6 Å². The lowest BCUT2D eigenvalue weighted by Crippen LogP contribution is -2.26. The van der Waals surface area contributed by atoms with E-state index in [1.807, 2.05) is 30.3 Å². The number of carbonyl (C=O) groups excluding carboxylic acids is 4. The molecule has 6 rings (SSSR count). The Morgan fingerprint density at radius 1 is 0.589 bits per heavy atom. The van der Waals surface area contributed by atoms with Crippen molar-refractivity contribution in [2.75, 3.05) is 34.4 Å². The third kappa shape index (κ3) is 10.9. The summed E-state index contributed by atoms with van der Waals surface area (Å²) in [6, 6.07) is 31.0. The molecule has 2 heterocycles. The molecule has 0 bridgehead atoms. The van der Waals surface area contributed by atoms with Gasteiger partial charge in [-0.1, -0.05) is 42.5 Å². The van der Waals surface area contributed by atoms with Gasteiger partial charge in [0.1, 0.15) is 17.3 Å². The van der Waals surface area contributed by atoms with E-state index in [4.69, 9.17) is 8.83 Å². The maximum Gasteiger partial charge on any atom is 0.253 e. The highest BCUT2D eigenvalue weighted by Gasteiger charge is 2.15. The molecule has 0 aliphatic rings. The van der Waals surface area contributed by atoms with Crippen LogP contribution in [0.1, 0.15) is 48.9 Å². The Balaban J connectivity index is 0.919. The Labute approximate surface area is 322 Å². The average molecular weight is 757 g/mol. The normalized spacial score (nSPS) is 10.7. The summed E-state index contributed by atoms with van der Waals surface area (Å²) in [5.74, 6) is -0.493. The molecule has 6 aromatic rings. The van der Waals surface area contributed by atoms with Crippen LogP contribution in [0.4, 0.5) is 27.1 Å². The summed E-state index contributed by atoms with van der Waals surface area (Å²) in [5, 5.41) is 17.3. The van der Waals surface area contributed by atoms with Gasteiger partial charge in [-0.3, -0.25) is 19.2 Å². The molecule has 13 heteroatoms. The van der Waals surface area contributed by atoms with Gasteiger partial charge in [0.2, 0.25) is 11.8 Å². The predicted octanol–water partition coefficient (Wildman–Crippen LogP) is 7.07. The summed E-state index contributed by atoms with van der Waals surface area (Å²) in [6.45, 7) is 2.04. The van der Waals surface area contributed by atoms with E-state index in [0.717, 1.165) is 23.1 Å². The molecule has 0 fully saturated rings. The minimum Gasteiger partial charge on any atom is -0.467 e. The molecule has 0 aliphatic heterocycles. The van der Waals surface area contributed by atoms with Crippen LogP contribution in [-0.2, 0) is 35.5 Å². The Hall–Kier alpha value is -7.15. The molecule has 0 saturated carbocycles. The minimum atomic E-state index is -0.448. The number of benzene rings is 4. The Kier molecular flexibility index (Phi) is 12.9. The SMILES string of the molecule is Cc1ccc(F)cc1NC(=O)CNc1ccccc1C(=O)NCc1cc(CCc2ccc(NC(=O)CNc3ccccc3C(=O)NCc3ccco3)cc2)co1. The van der Waals surface area contributed by atoms with Gasteiger partial charge in [-0.15, -0.1) is 0 Å². The molecule has 286 valence electrons. The number of hydrogen-bond donors (Lipinski definition) is 6. The topological polar surface area (TPSA) is 167 Å². The second-order valence-electron chi connectivity index (χ2n) is 12.9. The number of amides is 4. The molecule has 56 heavy (non-hydrogen) atoms. The number of para-hydroxylation sites is 2. The van der Waals surface area contributed by atoms with Gasteiger partial charge < -0.3 is 40.7 Å². The molecule has 0 aliphatic carbocycles. The lowest BCUT2D eigenvalue weighted by atomic mass is 10.1. The maximum absolute atomic E-state index is 13.6. The predicted molar refractivity (Wildman–Crippen MR) is 212 cm³/mol. The first-order valence-electron chi connectivity index (χ1n) is 18.0. The zero-order valence-corrected chi connectivity index (χ0v) is 30.6. The van der Waals surface area contributed by atoms with Gasteiger partial charge in [0.05, 0.1) is 49.8 Å². The summed E-state index contributed by atoms with van der Waals surface area (Å²) < 4.78 is 24.6. The highest BCUT2D eigenvalue weighted by molar-refractivity contribution is 6.02. The number of hydrogen-bond acceptors (Lipinski definition) is 8. The molecule has 0 atom stereocenters. The summed E-state index contributed by atoms with van der Waals surface area (Å²) in [4.78, 5) is 51.1. The molecule has 0 saturated heterocycles. The molecule has 4 amide bonds. The first-order valence-corrected chi connectivity index (χ1v) is 18.0.